The second kappa shape index (κ2) is 7.25. The van der Waals surface area contributed by atoms with Gasteiger partial charge < -0.3 is 49.6 Å². The highest BCUT2D eigenvalue weighted by atomic mass is 16.7. The van der Waals surface area contributed by atoms with Crippen LogP contribution < -0.4 is 0 Å². The van der Waals surface area contributed by atoms with Gasteiger partial charge in [0.2, 0.25) is 0 Å². The fraction of sp³-hybridized carbons (Fsp3) is 0.917. The average Bonchev–Trinajstić information content (AvgIpc) is 2.88. The van der Waals surface area contributed by atoms with Gasteiger partial charge in [0.1, 0.15) is 48.8 Å². The number of carbonyl (C=O) groups excluding carboxylic acids is 1. The molecule has 0 aromatic heterocycles. The first kappa shape index (κ1) is 17.7. The minimum atomic E-state index is -1.65. The largest absolute Gasteiger partial charge is 0.394 e. The second-order valence-corrected chi connectivity index (χ2v) is 5.29. The third kappa shape index (κ3) is 3.30. The van der Waals surface area contributed by atoms with Gasteiger partial charge in [-0.2, -0.15) is 0 Å². The molecule has 0 radical (unpaired) electrons. The van der Waals surface area contributed by atoms with Crippen molar-refractivity contribution in [3.63, 3.8) is 0 Å². The van der Waals surface area contributed by atoms with Crippen LogP contribution in [-0.4, -0.2) is 105 Å². The molecule has 2 heterocycles. The molecule has 0 spiro atoms. The molecule has 128 valence electrons. The van der Waals surface area contributed by atoms with Gasteiger partial charge in [0, 0.05) is 0 Å². The van der Waals surface area contributed by atoms with Crippen molar-refractivity contribution in [2.45, 2.75) is 55.1 Å². The maximum atomic E-state index is 10.6. The highest BCUT2D eigenvalue weighted by Crippen LogP contribution is 2.27. The van der Waals surface area contributed by atoms with Crippen LogP contribution in [0.3, 0.4) is 0 Å². The predicted molar refractivity (Wildman–Crippen MR) is 66.5 cm³/mol. The highest BCUT2D eigenvalue weighted by molar-refractivity contribution is 5.57. The van der Waals surface area contributed by atoms with Gasteiger partial charge >= 0.3 is 0 Å². The van der Waals surface area contributed by atoms with Gasteiger partial charge in [-0.05, 0) is 0 Å². The first-order valence-electron chi connectivity index (χ1n) is 6.79. The van der Waals surface area contributed by atoms with Gasteiger partial charge in [-0.1, -0.05) is 0 Å². The van der Waals surface area contributed by atoms with Crippen molar-refractivity contribution in [3.8, 4) is 0 Å². The van der Waals surface area contributed by atoms with E-state index in [0.717, 1.165) is 0 Å². The van der Waals surface area contributed by atoms with E-state index in [1.54, 1.807) is 0 Å². The zero-order valence-electron chi connectivity index (χ0n) is 11.5. The predicted octanol–water partition coefficient (Wildman–Crippen LogP) is -4.51. The summed E-state index contributed by atoms with van der Waals surface area (Å²) in [6, 6.07) is 0. The van der Waals surface area contributed by atoms with Gasteiger partial charge in [0.15, 0.2) is 12.6 Å². The molecule has 0 aromatic carbocycles. The molecule has 0 aliphatic carbocycles. The molecule has 6 N–H and O–H groups in total. The summed E-state index contributed by atoms with van der Waals surface area (Å²) >= 11 is 0. The summed E-state index contributed by atoms with van der Waals surface area (Å²) in [6.45, 7) is -0.827. The monoisotopic (exact) mass is 324 g/mol. The molecule has 0 aromatic rings. The van der Waals surface area contributed by atoms with E-state index in [1.165, 1.54) is 0 Å². The van der Waals surface area contributed by atoms with Crippen molar-refractivity contribution in [2.75, 3.05) is 13.2 Å². The molecule has 2 rings (SSSR count). The number of rotatable bonds is 5. The Morgan fingerprint density at radius 3 is 2.45 bits per heavy atom. The van der Waals surface area contributed by atoms with Crippen LogP contribution in [0.2, 0.25) is 0 Å². The topological polar surface area (TPSA) is 166 Å². The summed E-state index contributed by atoms with van der Waals surface area (Å²) in [4.78, 5) is 10.6. The smallest absolute Gasteiger partial charge is 0.187 e. The Hall–Kier alpha value is -0.690. The molecule has 0 saturated carbocycles. The number of aldehydes is 1. The Bertz CT molecular complexity index is 377. The van der Waals surface area contributed by atoms with Crippen molar-refractivity contribution in [2.24, 2.45) is 0 Å². The summed E-state index contributed by atoms with van der Waals surface area (Å²) in [7, 11) is 0. The maximum Gasteiger partial charge on any atom is 0.187 e. The van der Waals surface area contributed by atoms with Gasteiger partial charge in [0.25, 0.3) is 0 Å². The van der Waals surface area contributed by atoms with E-state index in [9.17, 15) is 30.3 Å². The Kier molecular flexibility index (Phi) is 5.82. The lowest BCUT2D eigenvalue weighted by molar-refractivity contribution is -0.318. The Labute approximate surface area is 125 Å². The number of aliphatic hydroxyl groups is 6. The molecule has 9 atom stereocenters. The van der Waals surface area contributed by atoms with E-state index in [4.69, 9.17) is 19.3 Å². The minimum Gasteiger partial charge on any atom is -0.394 e. The van der Waals surface area contributed by atoms with Crippen LogP contribution in [0, 0.1) is 0 Å². The zero-order valence-corrected chi connectivity index (χ0v) is 11.5. The van der Waals surface area contributed by atoms with Crippen LogP contribution in [0.25, 0.3) is 0 Å². The van der Waals surface area contributed by atoms with Crippen LogP contribution in [0.1, 0.15) is 0 Å². The van der Waals surface area contributed by atoms with Crippen LogP contribution >= 0.6 is 0 Å². The lowest BCUT2D eigenvalue weighted by Crippen LogP contribution is -2.60. The summed E-state index contributed by atoms with van der Waals surface area (Å²) in [5, 5.41) is 57.6. The van der Waals surface area contributed by atoms with E-state index in [0.29, 0.717) is 0 Å². The summed E-state index contributed by atoms with van der Waals surface area (Å²) < 4.78 is 15.5. The molecule has 22 heavy (non-hydrogen) atoms. The van der Waals surface area contributed by atoms with Crippen LogP contribution in [-0.2, 0) is 19.0 Å². The van der Waals surface area contributed by atoms with Crippen molar-refractivity contribution in [1.29, 1.82) is 0 Å². The Morgan fingerprint density at radius 2 is 1.86 bits per heavy atom. The normalized spacial score (nSPS) is 47.4. The fourth-order valence-corrected chi connectivity index (χ4v) is 2.49. The molecule has 10 nitrogen and oxygen atoms in total. The quantitative estimate of drug-likeness (QED) is 0.271. The molecule has 2 aliphatic heterocycles. The highest BCUT2D eigenvalue weighted by Gasteiger charge is 2.49. The number of hydrogen-bond acceptors (Lipinski definition) is 10. The number of hydrogen-bond donors (Lipinski definition) is 6. The first-order valence-corrected chi connectivity index (χ1v) is 6.79. The lowest BCUT2D eigenvalue weighted by Gasteiger charge is -2.41. The maximum absolute atomic E-state index is 10.6. The van der Waals surface area contributed by atoms with E-state index in [2.05, 4.69) is 0 Å². The van der Waals surface area contributed by atoms with E-state index >= 15 is 0 Å². The SMILES string of the molecule is O=CC(O)[C@H]1OC[C@@H](O)C1O[C@@H]1O[C@H](CO)[C@H](O)[C@H](O)[C@H]1O. The number of aliphatic hydroxyl groups excluding tert-OH is 6. The second-order valence-electron chi connectivity index (χ2n) is 5.29. The average molecular weight is 324 g/mol. The standard InChI is InChI=1S/C12H20O10/c13-1-4(15)10-11(5(16)3-20-10)22-12-9(19)8(18)7(17)6(2-14)21-12/h1,4-12,14-19H,2-3H2/t4?,5-,6-,7+,8+,9-,10-,11?,12+/m1/s1. The Balaban J connectivity index is 2.08. The lowest BCUT2D eigenvalue weighted by atomic mass is 9.99. The van der Waals surface area contributed by atoms with Crippen molar-refractivity contribution in [3.05, 3.63) is 0 Å². The van der Waals surface area contributed by atoms with E-state index in [-0.39, 0.29) is 12.9 Å². The summed E-state index contributed by atoms with van der Waals surface area (Å²) in [5.74, 6) is 0. The van der Waals surface area contributed by atoms with Gasteiger partial charge in [-0.3, -0.25) is 0 Å². The van der Waals surface area contributed by atoms with Crippen LogP contribution in [0.15, 0.2) is 0 Å². The molecule has 2 aliphatic rings. The molecular weight excluding hydrogens is 304 g/mol. The van der Waals surface area contributed by atoms with Crippen molar-refractivity contribution >= 4 is 6.29 Å². The summed E-state index contributed by atoms with van der Waals surface area (Å²) in [5.41, 5.74) is 0. The summed E-state index contributed by atoms with van der Waals surface area (Å²) in [6.07, 6.45) is -12.4. The third-order valence-corrected chi connectivity index (χ3v) is 3.78. The molecule has 0 bridgehead atoms. The molecule has 10 heteroatoms. The molecule has 2 fully saturated rings. The van der Waals surface area contributed by atoms with Crippen LogP contribution in [0.4, 0.5) is 0 Å². The van der Waals surface area contributed by atoms with Gasteiger partial charge in [-0.25, -0.2) is 0 Å². The van der Waals surface area contributed by atoms with Crippen molar-refractivity contribution < 1.29 is 49.6 Å². The van der Waals surface area contributed by atoms with E-state index < -0.39 is 61.7 Å². The molecule has 0 amide bonds. The fourth-order valence-electron chi connectivity index (χ4n) is 2.49. The molecule has 2 saturated heterocycles. The third-order valence-electron chi connectivity index (χ3n) is 3.78. The van der Waals surface area contributed by atoms with Gasteiger partial charge in [-0.15, -0.1) is 0 Å². The van der Waals surface area contributed by atoms with E-state index in [1.807, 2.05) is 0 Å². The number of ether oxygens (including phenoxy) is 3. The molecule has 2 unspecified atom stereocenters. The molecular formula is C12H20O10. The Morgan fingerprint density at radius 1 is 1.18 bits per heavy atom. The first-order chi connectivity index (χ1) is 10.4. The van der Waals surface area contributed by atoms with Crippen molar-refractivity contribution in [1.82, 2.24) is 0 Å². The van der Waals surface area contributed by atoms with Crippen LogP contribution in [0.5, 0.6) is 0 Å². The number of carbonyl (C=O) groups is 1. The minimum absolute atomic E-state index is 0.197. The zero-order chi connectivity index (χ0) is 16.4. The van der Waals surface area contributed by atoms with Gasteiger partial charge in [0.05, 0.1) is 13.2 Å².